The molecule has 22 nitrogen and oxygen atoms in total. The van der Waals surface area contributed by atoms with Gasteiger partial charge in [-0.2, -0.15) is 15.3 Å². The van der Waals surface area contributed by atoms with Crippen LogP contribution in [0.4, 0.5) is 13.2 Å². The number of aryl methyl sites for hydroxylation is 9. The van der Waals surface area contributed by atoms with Gasteiger partial charge in [-0.15, -0.1) is 0 Å². The molecule has 9 heterocycles. The van der Waals surface area contributed by atoms with E-state index < -0.39 is 12.0 Å². The van der Waals surface area contributed by atoms with Gasteiger partial charge < -0.3 is 28.3 Å². The number of aldehydes is 1. The van der Waals surface area contributed by atoms with Gasteiger partial charge in [-0.1, -0.05) is 57.2 Å². The summed E-state index contributed by atoms with van der Waals surface area (Å²) in [6.07, 6.45) is 4.94. The number of benzene rings is 6. The number of carbonyl (C=O) groups excluding carboxylic acids is 2. The Hall–Kier alpha value is -10.4. The molecule has 6 aromatic heterocycles. The second-order valence-electron chi connectivity index (χ2n) is 28.6. The summed E-state index contributed by atoms with van der Waals surface area (Å²) < 4.78 is 59.5. The first-order valence-electron chi connectivity index (χ1n) is 36.6. The van der Waals surface area contributed by atoms with Crippen LogP contribution in [0.3, 0.4) is 0 Å². The zero-order valence-electron chi connectivity index (χ0n) is 65.3. The molecule has 6 aromatic carbocycles. The first-order chi connectivity index (χ1) is 51.6. The zero-order chi connectivity index (χ0) is 77.8. The highest BCUT2D eigenvalue weighted by Crippen LogP contribution is 2.40. The predicted octanol–water partition coefficient (Wildman–Crippen LogP) is 13.0. The highest BCUT2D eigenvalue weighted by molar-refractivity contribution is 5.97. The first kappa shape index (κ1) is 77.2. The number of methoxy groups -OCH3 is 1. The lowest BCUT2D eigenvalue weighted by atomic mass is 9.95. The number of amides is 1. The van der Waals surface area contributed by atoms with Gasteiger partial charge in [0.15, 0.2) is 17.5 Å². The topological polar surface area (TPSA) is 210 Å². The highest BCUT2D eigenvalue weighted by atomic mass is 19.1. The normalized spacial score (nSPS) is 15.8. The summed E-state index contributed by atoms with van der Waals surface area (Å²) in [5.41, 5.74) is 22.0. The number of ether oxygens (including phenoxy) is 1. The molecule has 1 amide bonds. The van der Waals surface area contributed by atoms with E-state index in [2.05, 4.69) is 57.7 Å². The van der Waals surface area contributed by atoms with E-state index in [0.717, 1.165) is 184 Å². The number of hydrogen-bond donors (Lipinski definition) is 1. The summed E-state index contributed by atoms with van der Waals surface area (Å²) in [7, 11) is 22.2. The summed E-state index contributed by atoms with van der Waals surface area (Å²) in [4.78, 5) is 61.6. The maximum atomic E-state index is 14.5. The molecule has 108 heavy (non-hydrogen) atoms. The number of carboxylic acids is 1. The number of rotatable bonds is 14. The van der Waals surface area contributed by atoms with Crippen molar-refractivity contribution in [1.82, 2.24) is 77.8 Å². The minimum atomic E-state index is -0.838. The van der Waals surface area contributed by atoms with Crippen molar-refractivity contribution in [2.45, 2.75) is 125 Å². The van der Waals surface area contributed by atoms with E-state index in [1.165, 1.54) is 12.2 Å². The molecule has 0 spiro atoms. The summed E-state index contributed by atoms with van der Waals surface area (Å²) in [6, 6.07) is 28.0. The molecule has 25 heteroatoms. The van der Waals surface area contributed by atoms with Gasteiger partial charge in [0.05, 0.1) is 69.9 Å². The third-order valence-electron chi connectivity index (χ3n) is 21.9. The predicted molar refractivity (Wildman–Crippen MR) is 415 cm³/mol. The van der Waals surface area contributed by atoms with Crippen molar-refractivity contribution < 1.29 is 42.2 Å². The molecule has 3 aliphatic heterocycles. The lowest BCUT2D eigenvalue weighted by molar-refractivity contribution is -0.174. The van der Waals surface area contributed by atoms with Crippen molar-refractivity contribution in [3.8, 4) is 67.9 Å². The van der Waals surface area contributed by atoms with Crippen LogP contribution < -0.4 is 0 Å². The molecular weight excluding hydrogens is 1370 g/mol. The molecule has 3 aliphatic rings. The Labute approximate surface area is 627 Å². The number of aliphatic carboxylic acids is 1. The molecule has 1 N–H and O–H groups in total. The average Bonchev–Trinajstić information content (AvgIpc) is 1.60. The lowest BCUT2D eigenvalue weighted by Crippen LogP contribution is -2.49. The van der Waals surface area contributed by atoms with E-state index in [1.807, 2.05) is 153 Å². The fourth-order valence-corrected chi connectivity index (χ4v) is 15.2. The van der Waals surface area contributed by atoms with Crippen LogP contribution in [0.15, 0.2) is 91.0 Å². The van der Waals surface area contributed by atoms with E-state index in [0.29, 0.717) is 55.6 Å². The van der Waals surface area contributed by atoms with Gasteiger partial charge in [-0.05, 0) is 189 Å². The van der Waals surface area contributed by atoms with Crippen LogP contribution in [0.5, 0.6) is 0 Å². The molecule has 0 aliphatic carbocycles. The quantitative estimate of drug-likeness (QED) is 0.0793. The van der Waals surface area contributed by atoms with E-state index >= 15 is 0 Å². The number of carbonyl (C=O) groups is 3. The SMILES string of the molecule is CCOC.CCc1cc(C)c(F)cc1-c1ccc2c(-c3nc4c(n3C)CN(C)C(C(=O)N(C)OC)C4)nn(C)c2c1.CCc1cc(C)c(F)cc1-c1ccc2c(-c3nc4c(n3C)CN(C)C(C(=O)O)C4)nn(C)c2c1.CCc1cc(C)c(F)cc1-c1ccc2c(-c3nc4c(n3C)CN(C)C(C=O)C4)nn(C)c2c1. The fourth-order valence-electron chi connectivity index (χ4n) is 15.2. The second kappa shape index (κ2) is 31.4. The van der Waals surface area contributed by atoms with Crippen molar-refractivity contribution in [2.75, 3.05) is 49.0 Å². The van der Waals surface area contributed by atoms with Crippen molar-refractivity contribution >= 4 is 50.9 Å². The minimum Gasteiger partial charge on any atom is -0.480 e. The van der Waals surface area contributed by atoms with Gasteiger partial charge in [0.1, 0.15) is 46.9 Å². The van der Waals surface area contributed by atoms with Crippen molar-refractivity contribution in [2.24, 2.45) is 42.3 Å². The highest BCUT2D eigenvalue weighted by Gasteiger charge is 2.37. The van der Waals surface area contributed by atoms with Crippen LogP contribution in [-0.2, 0) is 124 Å². The number of carboxylic acid groups (broad SMARTS) is 1. The maximum absolute atomic E-state index is 14.5. The van der Waals surface area contributed by atoms with Crippen LogP contribution in [0.2, 0.25) is 0 Å². The van der Waals surface area contributed by atoms with Gasteiger partial charge in [-0.25, -0.2) is 33.2 Å². The molecule has 12 aromatic rings. The molecule has 0 radical (unpaired) electrons. The standard InChI is InChI=1S/C28H33FN6O2.C26H28FN5O2.C26H28FN5O.C3H8O/c1-8-17-11-16(2)21(29)13-20(17)18-9-10-19-23(12-18)34(5)31-26(19)27-30-22-14-24(28(36)35(6)37-7)32(3)15-25(22)33(27)4;1-6-15-9-14(2)19(27)11-18(15)16-7-8-17-21(10-16)32(5)29-24(17)25-28-20-12-22(26(33)34)30(3)13-23(20)31(25)4;1-6-16-9-15(2)21(27)12-20(16)17-7-8-19-23(10-17)32(5)29-25(19)26-28-22-11-18(14-33)30(3)13-24(22)31(26)4;1-3-4-2/h9-13,24H,8,14-15H2,1-7H3;7-11,22H,6,12-13H2,1-5H3,(H,33,34);7-10,12,14,18H,6,11,13H2,1-5H3;3H2,1-2H3. The van der Waals surface area contributed by atoms with Crippen LogP contribution in [0, 0.1) is 38.2 Å². The fraction of sp³-hybridized carbons (Fsp3) is 0.386. The molecule has 0 saturated carbocycles. The average molecular weight is 1470 g/mol. The summed E-state index contributed by atoms with van der Waals surface area (Å²) in [6.45, 7) is 16.2. The molecule has 15 rings (SSSR count). The monoisotopic (exact) mass is 1470 g/mol. The van der Waals surface area contributed by atoms with Crippen molar-refractivity contribution in [3.05, 3.63) is 176 Å². The lowest BCUT2D eigenvalue weighted by Gasteiger charge is -2.33. The number of hydrogen-bond acceptors (Lipinski definition) is 14. The molecule has 0 fully saturated rings. The third kappa shape index (κ3) is 14.4. The van der Waals surface area contributed by atoms with E-state index in [-0.39, 0.29) is 35.4 Å². The van der Waals surface area contributed by atoms with Gasteiger partial charge in [0, 0.05) is 118 Å². The number of hydroxylamine groups is 2. The minimum absolute atomic E-state index is 0.0994. The number of aromatic nitrogens is 12. The molecule has 566 valence electrons. The summed E-state index contributed by atoms with van der Waals surface area (Å²) in [5.74, 6) is 0.752. The molecule has 0 saturated heterocycles. The second-order valence-corrected chi connectivity index (χ2v) is 28.6. The number of likely N-dealkylation sites (N-methyl/N-ethyl adjacent to an activating group) is 4. The van der Waals surface area contributed by atoms with Gasteiger partial charge in [0.25, 0.3) is 5.91 Å². The molecular formula is C83H97F3N16O6. The maximum Gasteiger partial charge on any atom is 0.321 e. The molecule has 0 bridgehead atoms. The Morgan fingerprint density at radius 2 is 0.824 bits per heavy atom. The number of imidazole rings is 3. The summed E-state index contributed by atoms with van der Waals surface area (Å²) >= 11 is 0. The van der Waals surface area contributed by atoms with Crippen molar-refractivity contribution in [3.63, 3.8) is 0 Å². The zero-order valence-corrected chi connectivity index (χ0v) is 65.3. The molecule has 3 unspecified atom stereocenters. The number of nitrogens with zero attached hydrogens (tertiary/aromatic N) is 16. The van der Waals surface area contributed by atoms with Crippen LogP contribution in [-0.4, -0.2) is 168 Å². The third-order valence-corrected chi connectivity index (χ3v) is 21.9. The first-order valence-corrected chi connectivity index (χ1v) is 36.6. The Kier molecular flexibility index (Phi) is 22.4. The summed E-state index contributed by atoms with van der Waals surface area (Å²) in [5, 5.41) is 28.2. The van der Waals surface area contributed by atoms with Gasteiger partial charge in [-0.3, -0.25) is 43.2 Å². The Morgan fingerprint density at radius 3 is 1.14 bits per heavy atom. The number of fused-ring (bicyclic) bond motifs is 6. The van der Waals surface area contributed by atoms with Crippen LogP contribution >= 0.6 is 0 Å². The van der Waals surface area contributed by atoms with Gasteiger partial charge >= 0.3 is 5.97 Å². The van der Waals surface area contributed by atoms with E-state index in [1.54, 1.807) is 53.1 Å². The number of halogens is 3. The Morgan fingerprint density at radius 1 is 0.500 bits per heavy atom. The largest absolute Gasteiger partial charge is 0.480 e. The van der Waals surface area contributed by atoms with Crippen molar-refractivity contribution in [1.29, 1.82) is 0 Å². The smallest absolute Gasteiger partial charge is 0.321 e. The Bertz CT molecular complexity index is 5460. The van der Waals surface area contributed by atoms with Crippen LogP contribution in [0.25, 0.3) is 101 Å². The van der Waals surface area contributed by atoms with Gasteiger partial charge in [0.2, 0.25) is 0 Å². The van der Waals surface area contributed by atoms with E-state index in [9.17, 15) is 32.7 Å². The Balaban J connectivity index is 0.000000148. The van der Waals surface area contributed by atoms with Crippen LogP contribution in [0.1, 0.15) is 95.2 Å². The molecule has 3 atom stereocenters. The van der Waals surface area contributed by atoms with E-state index in [4.69, 9.17) is 35.1 Å².